The summed E-state index contributed by atoms with van der Waals surface area (Å²) in [4.78, 5) is 34.2. The SMILES string of the molecule is O=C(COc1ccc(Cl)c(F)c1)NC12CCC(NC(=O)c3cnc4ccccc4n3)(CC1)C(O)C2. The number of nitrogens with one attached hydrogen (secondary N) is 2. The lowest BCUT2D eigenvalue weighted by atomic mass is 9.60. The summed E-state index contributed by atoms with van der Waals surface area (Å²) < 4.78 is 18.9. The van der Waals surface area contributed by atoms with Gasteiger partial charge in [-0.05, 0) is 56.4 Å². The Morgan fingerprint density at radius 1 is 1.11 bits per heavy atom. The van der Waals surface area contributed by atoms with Crippen LogP contribution in [-0.2, 0) is 4.79 Å². The molecule has 3 aliphatic rings. The molecule has 2 amide bonds. The molecule has 0 saturated heterocycles. The van der Waals surface area contributed by atoms with Crippen LogP contribution in [0, 0.1) is 5.82 Å². The molecule has 3 aromatic rings. The largest absolute Gasteiger partial charge is 0.484 e. The predicted molar refractivity (Wildman–Crippen MR) is 127 cm³/mol. The van der Waals surface area contributed by atoms with E-state index in [2.05, 4.69) is 20.6 Å². The average Bonchev–Trinajstić information content (AvgIpc) is 2.85. The lowest BCUT2D eigenvalue weighted by molar-refractivity contribution is -0.129. The highest BCUT2D eigenvalue weighted by atomic mass is 35.5. The molecule has 3 aliphatic carbocycles. The quantitative estimate of drug-likeness (QED) is 0.481. The van der Waals surface area contributed by atoms with Gasteiger partial charge in [-0.1, -0.05) is 23.7 Å². The zero-order chi connectivity index (χ0) is 24.6. The van der Waals surface area contributed by atoms with Crippen molar-refractivity contribution in [2.75, 3.05) is 6.61 Å². The van der Waals surface area contributed by atoms with Crippen LogP contribution in [0.25, 0.3) is 11.0 Å². The van der Waals surface area contributed by atoms with Crippen LogP contribution in [0.3, 0.4) is 0 Å². The number of amides is 2. The molecule has 1 atom stereocenters. The summed E-state index contributed by atoms with van der Waals surface area (Å²) in [6.07, 6.45) is 3.09. The minimum Gasteiger partial charge on any atom is -0.484 e. The van der Waals surface area contributed by atoms with E-state index in [-0.39, 0.29) is 34.9 Å². The van der Waals surface area contributed by atoms with Crippen LogP contribution in [0.15, 0.2) is 48.7 Å². The van der Waals surface area contributed by atoms with Gasteiger partial charge in [-0.2, -0.15) is 0 Å². The minimum atomic E-state index is -0.839. The molecule has 35 heavy (non-hydrogen) atoms. The zero-order valence-corrected chi connectivity index (χ0v) is 19.5. The van der Waals surface area contributed by atoms with Crippen molar-refractivity contribution in [2.24, 2.45) is 0 Å². The van der Waals surface area contributed by atoms with E-state index in [0.717, 1.165) is 6.07 Å². The number of ether oxygens (including phenoxy) is 1. The normalized spacial score (nSPS) is 25.3. The van der Waals surface area contributed by atoms with Crippen molar-refractivity contribution in [2.45, 2.75) is 49.3 Å². The maximum Gasteiger partial charge on any atom is 0.272 e. The monoisotopic (exact) mass is 498 g/mol. The van der Waals surface area contributed by atoms with E-state index in [1.807, 2.05) is 18.2 Å². The fraction of sp³-hybridized carbons (Fsp3) is 0.360. The number of halogens is 2. The molecule has 0 aliphatic heterocycles. The molecule has 10 heteroatoms. The van der Waals surface area contributed by atoms with Crippen LogP contribution >= 0.6 is 11.6 Å². The summed E-state index contributed by atoms with van der Waals surface area (Å²) >= 11 is 5.66. The Morgan fingerprint density at radius 2 is 1.86 bits per heavy atom. The number of aliphatic hydroxyl groups excluding tert-OH is 1. The second kappa shape index (κ2) is 9.05. The fourth-order valence-corrected chi connectivity index (χ4v) is 5.18. The molecule has 182 valence electrons. The summed E-state index contributed by atoms with van der Waals surface area (Å²) in [6, 6.07) is 11.3. The van der Waals surface area contributed by atoms with Gasteiger partial charge in [0.05, 0.1) is 33.9 Å². The highest BCUT2D eigenvalue weighted by Gasteiger charge is 2.55. The Hall–Kier alpha value is -3.30. The molecule has 3 fully saturated rings. The molecule has 1 aromatic heterocycles. The molecule has 6 rings (SSSR count). The zero-order valence-electron chi connectivity index (χ0n) is 18.8. The van der Waals surface area contributed by atoms with Crippen molar-refractivity contribution in [3.8, 4) is 5.75 Å². The van der Waals surface area contributed by atoms with E-state index < -0.39 is 23.0 Å². The number of carbonyl (C=O) groups excluding carboxylic acids is 2. The van der Waals surface area contributed by atoms with Crippen molar-refractivity contribution in [3.63, 3.8) is 0 Å². The van der Waals surface area contributed by atoms with Crippen LogP contribution in [0.1, 0.15) is 42.6 Å². The number of aromatic nitrogens is 2. The van der Waals surface area contributed by atoms with Crippen molar-refractivity contribution >= 4 is 34.4 Å². The fourth-order valence-electron chi connectivity index (χ4n) is 5.07. The highest BCUT2D eigenvalue weighted by Crippen LogP contribution is 2.47. The number of nitrogens with zero attached hydrogens (tertiary/aromatic N) is 2. The Bertz CT molecular complexity index is 1300. The Kier molecular flexibility index (Phi) is 6.06. The number of hydrogen-bond acceptors (Lipinski definition) is 6. The first-order chi connectivity index (χ1) is 16.8. The first kappa shape index (κ1) is 23.4. The highest BCUT2D eigenvalue weighted by molar-refractivity contribution is 6.30. The summed E-state index contributed by atoms with van der Waals surface area (Å²) in [5, 5.41) is 16.9. The second-order valence-corrected chi connectivity index (χ2v) is 9.67. The molecule has 0 spiro atoms. The van der Waals surface area contributed by atoms with E-state index in [1.165, 1.54) is 18.3 Å². The van der Waals surface area contributed by atoms with Gasteiger partial charge in [-0.3, -0.25) is 14.6 Å². The number of aliphatic hydroxyl groups is 1. The number of fused-ring (bicyclic) bond motifs is 4. The van der Waals surface area contributed by atoms with Gasteiger partial charge >= 0.3 is 0 Å². The van der Waals surface area contributed by atoms with Crippen molar-refractivity contribution < 1.29 is 23.8 Å². The second-order valence-electron chi connectivity index (χ2n) is 9.27. The Balaban J connectivity index is 1.20. The molecular formula is C25H24ClFN4O4. The molecular weight excluding hydrogens is 475 g/mol. The lowest BCUT2D eigenvalue weighted by Crippen LogP contribution is -2.70. The van der Waals surface area contributed by atoms with Crippen molar-refractivity contribution in [1.82, 2.24) is 20.6 Å². The van der Waals surface area contributed by atoms with Gasteiger partial charge in [0, 0.05) is 11.6 Å². The molecule has 2 bridgehead atoms. The topological polar surface area (TPSA) is 113 Å². The minimum absolute atomic E-state index is 0.0256. The smallest absolute Gasteiger partial charge is 0.272 e. The standard InChI is InChI=1S/C25H24ClFN4O4/c26-16-6-5-15(11-17(16)27)35-14-22(33)30-24-7-9-25(10-8-24,21(32)12-24)31-23(34)20-13-28-18-3-1-2-4-19(18)29-20/h1-6,11,13,21,32H,7-10,12,14H2,(H,30,33)(H,31,34). The van der Waals surface area contributed by atoms with Gasteiger partial charge < -0.3 is 20.5 Å². The third kappa shape index (κ3) is 4.66. The third-order valence-electron chi connectivity index (χ3n) is 7.03. The van der Waals surface area contributed by atoms with Gasteiger partial charge in [0.1, 0.15) is 17.3 Å². The van der Waals surface area contributed by atoms with Crippen LogP contribution in [0.5, 0.6) is 5.75 Å². The van der Waals surface area contributed by atoms with Crippen molar-refractivity contribution in [1.29, 1.82) is 0 Å². The maximum atomic E-state index is 13.6. The molecule has 2 aromatic carbocycles. The van der Waals surface area contributed by atoms with Gasteiger partial charge in [-0.25, -0.2) is 9.37 Å². The Morgan fingerprint density at radius 3 is 2.57 bits per heavy atom. The summed E-state index contributed by atoms with van der Waals surface area (Å²) in [7, 11) is 0. The summed E-state index contributed by atoms with van der Waals surface area (Å²) in [6.45, 7) is -0.290. The number of carbonyl (C=O) groups is 2. The summed E-state index contributed by atoms with van der Waals surface area (Å²) in [5.41, 5.74) is 0.144. The number of rotatable bonds is 6. The molecule has 3 N–H and O–H groups in total. The van der Waals surface area contributed by atoms with Crippen molar-refractivity contribution in [3.05, 3.63) is 65.2 Å². The van der Waals surface area contributed by atoms with Gasteiger partial charge in [0.15, 0.2) is 6.61 Å². The summed E-state index contributed by atoms with van der Waals surface area (Å²) in [5.74, 6) is -1.17. The lowest BCUT2D eigenvalue weighted by Gasteiger charge is -2.56. The van der Waals surface area contributed by atoms with E-state index >= 15 is 0 Å². The van der Waals surface area contributed by atoms with Gasteiger partial charge in [-0.15, -0.1) is 0 Å². The third-order valence-corrected chi connectivity index (χ3v) is 7.34. The predicted octanol–water partition coefficient (Wildman–Crippen LogP) is 3.16. The van der Waals surface area contributed by atoms with E-state index in [9.17, 15) is 19.1 Å². The first-order valence-corrected chi connectivity index (χ1v) is 11.8. The van der Waals surface area contributed by atoms with Crippen LogP contribution in [-0.4, -0.2) is 50.7 Å². The van der Waals surface area contributed by atoms with E-state index in [4.69, 9.17) is 16.3 Å². The van der Waals surface area contributed by atoms with Gasteiger partial charge in [0.25, 0.3) is 11.8 Å². The van der Waals surface area contributed by atoms with E-state index in [0.29, 0.717) is 43.1 Å². The van der Waals surface area contributed by atoms with E-state index in [1.54, 1.807) is 6.07 Å². The molecule has 1 unspecified atom stereocenters. The number of benzene rings is 2. The van der Waals surface area contributed by atoms with Crippen LogP contribution < -0.4 is 15.4 Å². The van der Waals surface area contributed by atoms with Crippen LogP contribution in [0.4, 0.5) is 4.39 Å². The average molecular weight is 499 g/mol. The molecule has 0 radical (unpaired) electrons. The first-order valence-electron chi connectivity index (χ1n) is 11.4. The molecule has 8 nitrogen and oxygen atoms in total. The number of para-hydroxylation sites is 2. The Labute approximate surface area is 205 Å². The molecule has 1 heterocycles. The van der Waals surface area contributed by atoms with Crippen LogP contribution in [0.2, 0.25) is 5.02 Å². The number of hydrogen-bond donors (Lipinski definition) is 3. The maximum absolute atomic E-state index is 13.6. The molecule has 3 saturated carbocycles. The van der Waals surface area contributed by atoms with Gasteiger partial charge in [0.2, 0.25) is 0 Å².